The van der Waals surface area contributed by atoms with Crippen LogP contribution >= 0.6 is 23.5 Å². The van der Waals surface area contributed by atoms with E-state index in [0.29, 0.717) is 0 Å². The van der Waals surface area contributed by atoms with Crippen LogP contribution in [0.15, 0.2) is 147 Å². The summed E-state index contributed by atoms with van der Waals surface area (Å²) in [6.45, 7) is 0. The van der Waals surface area contributed by atoms with Crippen molar-refractivity contribution in [3.8, 4) is 16.8 Å². The second-order valence-electron chi connectivity index (χ2n) is 10.2. The molecule has 0 atom stereocenters. The average molecular weight is 547 g/mol. The molecule has 2 nitrogen and oxygen atoms in total. The van der Waals surface area contributed by atoms with Gasteiger partial charge >= 0.3 is 0 Å². The van der Waals surface area contributed by atoms with Crippen molar-refractivity contribution in [2.75, 3.05) is 0 Å². The number of rotatable bonds is 2. The second-order valence-corrected chi connectivity index (χ2v) is 12.4. The highest BCUT2D eigenvalue weighted by molar-refractivity contribution is 8.05. The van der Waals surface area contributed by atoms with Gasteiger partial charge in [0.1, 0.15) is 0 Å². The van der Waals surface area contributed by atoms with Crippen LogP contribution in [-0.2, 0) is 0 Å². The van der Waals surface area contributed by atoms with E-state index in [-0.39, 0.29) is 0 Å². The van der Waals surface area contributed by atoms with Crippen LogP contribution < -0.4 is 0 Å². The molecule has 6 aromatic carbocycles. The first-order valence-corrected chi connectivity index (χ1v) is 15.1. The van der Waals surface area contributed by atoms with Gasteiger partial charge in [-0.3, -0.25) is 0 Å². The van der Waals surface area contributed by atoms with Crippen molar-refractivity contribution in [1.82, 2.24) is 9.55 Å². The molecule has 0 bridgehead atoms. The van der Waals surface area contributed by atoms with E-state index in [2.05, 4.69) is 137 Å². The van der Waals surface area contributed by atoms with E-state index >= 15 is 0 Å². The van der Waals surface area contributed by atoms with Crippen LogP contribution in [0.1, 0.15) is 0 Å². The molecule has 188 valence electrons. The molecule has 0 saturated carbocycles. The van der Waals surface area contributed by atoms with Crippen molar-refractivity contribution in [2.24, 2.45) is 0 Å². The van der Waals surface area contributed by atoms with Crippen molar-refractivity contribution in [2.45, 2.75) is 19.6 Å². The Balaban J connectivity index is 1.27. The maximum Gasteiger partial charge on any atom is 0.0553 e. The summed E-state index contributed by atoms with van der Waals surface area (Å²) >= 11 is 3.82. The van der Waals surface area contributed by atoms with Gasteiger partial charge in [0, 0.05) is 57.8 Å². The minimum Gasteiger partial charge on any atom is -0.354 e. The molecule has 0 spiro atoms. The highest BCUT2D eigenvalue weighted by Crippen LogP contribution is 2.55. The lowest BCUT2D eigenvalue weighted by Crippen LogP contribution is -1.95. The fourth-order valence-corrected chi connectivity index (χ4v) is 8.79. The third-order valence-electron chi connectivity index (χ3n) is 7.98. The highest BCUT2D eigenvalue weighted by Gasteiger charge is 2.26. The van der Waals surface area contributed by atoms with Crippen molar-refractivity contribution in [1.29, 1.82) is 0 Å². The second kappa shape index (κ2) is 8.56. The molecule has 9 rings (SSSR count). The van der Waals surface area contributed by atoms with Crippen LogP contribution in [0.25, 0.3) is 60.4 Å². The van der Waals surface area contributed by atoms with Crippen molar-refractivity contribution >= 4 is 67.1 Å². The predicted molar refractivity (Wildman–Crippen MR) is 170 cm³/mol. The smallest absolute Gasteiger partial charge is 0.0553 e. The largest absolute Gasteiger partial charge is 0.354 e. The summed E-state index contributed by atoms with van der Waals surface area (Å²) < 4.78 is 2.43. The van der Waals surface area contributed by atoms with Gasteiger partial charge < -0.3 is 9.55 Å². The van der Waals surface area contributed by atoms with E-state index in [4.69, 9.17) is 0 Å². The van der Waals surface area contributed by atoms with Crippen LogP contribution in [0.3, 0.4) is 0 Å². The first-order chi connectivity index (χ1) is 19.8. The van der Waals surface area contributed by atoms with Gasteiger partial charge in [0.05, 0.1) is 11.0 Å². The standard InChI is InChI=1S/C36H22N2S2/c1-2-9-22(10-3-1)23-11-8-12-24(21-23)38-29-16-7-5-14-26(29)34-30(38)18-20-32-36(34)40-31-19-17-28-33(35(31)39-32)25-13-4-6-15-27(25)37-28/h1-21,37H. The van der Waals surface area contributed by atoms with E-state index in [1.807, 2.05) is 23.5 Å². The predicted octanol–water partition coefficient (Wildman–Crippen LogP) is 10.7. The van der Waals surface area contributed by atoms with Gasteiger partial charge in [-0.15, -0.1) is 0 Å². The first kappa shape index (κ1) is 22.4. The molecule has 1 aliphatic rings. The van der Waals surface area contributed by atoms with Crippen molar-refractivity contribution in [3.05, 3.63) is 127 Å². The Morgan fingerprint density at radius 2 is 1.18 bits per heavy atom. The molecule has 1 N–H and O–H groups in total. The van der Waals surface area contributed by atoms with Crippen LogP contribution in [0.2, 0.25) is 0 Å². The number of fused-ring (bicyclic) bond motifs is 10. The molecule has 0 saturated heterocycles. The molecule has 0 aliphatic carbocycles. The summed E-state index contributed by atoms with van der Waals surface area (Å²) in [5.41, 5.74) is 8.51. The zero-order valence-electron chi connectivity index (χ0n) is 21.4. The summed E-state index contributed by atoms with van der Waals surface area (Å²) in [5, 5.41) is 5.25. The van der Waals surface area contributed by atoms with Gasteiger partial charge in [0.25, 0.3) is 0 Å². The Kier molecular flexibility index (Phi) is 4.80. The number of para-hydroxylation sites is 2. The Morgan fingerprint density at radius 1 is 0.475 bits per heavy atom. The monoisotopic (exact) mass is 546 g/mol. The lowest BCUT2D eigenvalue weighted by molar-refractivity contribution is 1.16. The zero-order chi connectivity index (χ0) is 26.2. The van der Waals surface area contributed by atoms with E-state index in [0.717, 1.165) is 0 Å². The zero-order valence-corrected chi connectivity index (χ0v) is 23.0. The fraction of sp³-hybridized carbons (Fsp3) is 0. The molecule has 0 amide bonds. The van der Waals surface area contributed by atoms with Gasteiger partial charge in [-0.1, -0.05) is 102 Å². The summed E-state index contributed by atoms with van der Waals surface area (Å²) in [7, 11) is 0. The van der Waals surface area contributed by atoms with Gasteiger partial charge in [0.2, 0.25) is 0 Å². The van der Waals surface area contributed by atoms with E-state index < -0.39 is 0 Å². The molecular formula is C36H22N2S2. The maximum atomic E-state index is 3.62. The van der Waals surface area contributed by atoms with E-state index in [9.17, 15) is 0 Å². The normalized spacial score (nSPS) is 12.8. The van der Waals surface area contributed by atoms with E-state index in [1.165, 1.54) is 80.0 Å². The molecule has 1 aliphatic heterocycles. The van der Waals surface area contributed by atoms with Crippen LogP contribution in [0.5, 0.6) is 0 Å². The lowest BCUT2D eigenvalue weighted by Gasteiger charge is -2.20. The molecule has 2 aromatic heterocycles. The molecule has 0 unspecified atom stereocenters. The minimum absolute atomic E-state index is 1.18. The van der Waals surface area contributed by atoms with Gasteiger partial charge in [-0.25, -0.2) is 0 Å². The first-order valence-electron chi connectivity index (χ1n) is 13.4. The third kappa shape index (κ3) is 3.21. The summed E-state index contributed by atoms with van der Waals surface area (Å²) in [6.07, 6.45) is 0. The number of nitrogens with zero attached hydrogens (tertiary/aromatic N) is 1. The molecule has 0 radical (unpaired) electrons. The Labute approximate surface area is 239 Å². The highest BCUT2D eigenvalue weighted by atomic mass is 32.2. The number of benzene rings is 6. The quantitative estimate of drug-likeness (QED) is 0.233. The Morgan fingerprint density at radius 3 is 2.05 bits per heavy atom. The van der Waals surface area contributed by atoms with Crippen LogP contribution in [0, 0.1) is 0 Å². The summed E-state index contributed by atoms with van der Waals surface area (Å²) in [5.74, 6) is 0. The minimum atomic E-state index is 1.18. The molecule has 40 heavy (non-hydrogen) atoms. The van der Waals surface area contributed by atoms with Gasteiger partial charge in [-0.05, 0) is 59.7 Å². The number of hydrogen-bond acceptors (Lipinski definition) is 2. The number of nitrogens with one attached hydrogen (secondary N) is 1. The number of H-pyrrole nitrogens is 1. The topological polar surface area (TPSA) is 20.7 Å². The van der Waals surface area contributed by atoms with Crippen molar-refractivity contribution in [3.63, 3.8) is 0 Å². The third-order valence-corrected chi connectivity index (χ3v) is 10.6. The summed E-state index contributed by atoms with van der Waals surface area (Å²) in [4.78, 5) is 8.97. The molecular weight excluding hydrogens is 525 g/mol. The molecule has 0 fully saturated rings. The molecule has 8 aromatic rings. The Hall–Kier alpha value is -4.38. The number of aromatic nitrogens is 2. The number of hydrogen-bond donors (Lipinski definition) is 1. The van der Waals surface area contributed by atoms with Gasteiger partial charge in [-0.2, -0.15) is 0 Å². The average Bonchev–Trinajstić information content (AvgIpc) is 3.57. The molecule has 4 heteroatoms. The van der Waals surface area contributed by atoms with E-state index in [1.54, 1.807) is 0 Å². The Bertz CT molecular complexity index is 2270. The summed E-state index contributed by atoms with van der Waals surface area (Å²) in [6, 6.07) is 46.2. The molecule has 3 heterocycles. The maximum absolute atomic E-state index is 3.62. The lowest BCUT2D eigenvalue weighted by atomic mass is 10.1. The van der Waals surface area contributed by atoms with Crippen molar-refractivity contribution < 1.29 is 0 Å². The van der Waals surface area contributed by atoms with Gasteiger partial charge in [0.15, 0.2) is 0 Å². The SMILES string of the molecule is c1ccc(-c2cccc(-n3c4ccccc4c4c5c(ccc43)Sc3c(ccc4[nH]c6ccccc6c34)S5)c2)cc1. The number of aromatic amines is 1. The fourth-order valence-electron chi connectivity index (χ4n) is 6.22. The van der Waals surface area contributed by atoms with Crippen LogP contribution in [0.4, 0.5) is 0 Å². The van der Waals surface area contributed by atoms with Crippen LogP contribution in [-0.4, -0.2) is 9.55 Å².